The molecule has 24 heavy (non-hydrogen) atoms. The van der Waals surface area contributed by atoms with E-state index in [1.807, 2.05) is 36.4 Å². The molecule has 0 saturated heterocycles. The SMILES string of the molecule is O=S(=O)(Nc1cccc(/C=C/c2ccccn2)c1)c1ccccc1. The summed E-state index contributed by atoms with van der Waals surface area (Å²) < 4.78 is 27.3. The van der Waals surface area contributed by atoms with Gasteiger partial charge in [0.25, 0.3) is 10.0 Å². The van der Waals surface area contributed by atoms with E-state index in [2.05, 4.69) is 9.71 Å². The number of nitrogens with zero attached hydrogens (tertiary/aromatic N) is 1. The van der Waals surface area contributed by atoms with Crippen LogP contribution in [0.4, 0.5) is 5.69 Å². The van der Waals surface area contributed by atoms with Crippen molar-refractivity contribution >= 4 is 27.9 Å². The van der Waals surface area contributed by atoms with Gasteiger partial charge in [-0.3, -0.25) is 9.71 Å². The van der Waals surface area contributed by atoms with E-state index in [1.165, 1.54) is 0 Å². The molecule has 0 radical (unpaired) electrons. The second-order valence-corrected chi connectivity index (χ2v) is 6.81. The van der Waals surface area contributed by atoms with Crippen LogP contribution in [0.25, 0.3) is 12.2 Å². The third kappa shape index (κ3) is 4.08. The van der Waals surface area contributed by atoms with E-state index in [0.717, 1.165) is 11.3 Å². The zero-order valence-electron chi connectivity index (χ0n) is 12.8. The topological polar surface area (TPSA) is 59.1 Å². The summed E-state index contributed by atoms with van der Waals surface area (Å²) in [7, 11) is -3.58. The molecule has 1 N–H and O–H groups in total. The van der Waals surface area contributed by atoms with Crippen molar-refractivity contribution in [2.75, 3.05) is 4.72 Å². The smallest absolute Gasteiger partial charge is 0.261 e. The normalized spacial score (nSPS) is 11.5. The lowest BCUT2D eigenvalue weighted by Crippen LogP contribution is -2.12. The second kappa shape index (κ2) is 7.10. The molecule has 0 saturated carbocycles. The van der Waals surface area contributed by atoms with Crippen molar-refractivity contribution in [2.24, 2.45) is 0 Å². The number of rotatable bonds is 5. The number of sulfonamides is 1. The summed E-state index contributed by atoms with van der Waals surface area (Å²) in [5, 5.41) is 0. The standard InChI is InChI=1S/C19H16N2O2S/c22-24(23,19-10-2-1-3-11-19)21-18-9-6-7-16(15-18)12-13-17-8-4-5-14-20-17/h1-15,21H/b13-12+. The Kier molecular flexibility index (Phi) is 4.72. The van der Waals surface area contributed by atoms with Crippen molar-refractivity contribution in [3.8, 4) is 0 Å². The van der Waals surface area contributed by atoms with Crippen LogP contribution in [0.15, 0.2) is 83.9 Å². The number of hydrogen-bond donors (Lipinski definition) is 1. The van der Waals surface area contributed by atoms with Gasteiger partial charge >= 0.3 is 0 Å². The number of nitrogens with one attached hydrogen (secondary N) is 1. The van der Waals surface area contributed by atoms with Crippen molar-refractivity contribution < 1.29 is 8.42 Å². The molecule has 0 amide bonds. The molecule has 0 aliphatic carbocycles. The minimum Gasteiger partial charge on any atom is -0.280 e. The van der Waals surface area contributed by atoms with Crippen LogP contribution >= 0.6 is 0 Å². The summed E-state index contributed by atoms with van der Waals surface area (Å²) >= 11 is 0. The Balaban J connectivity index is 1.80. The molecular weight excluding hydrogens is 320 g/mol. The van der Waals surface area contributed by atoms with Crippen LogP contribution in [-0.2, 0) is 10.0 Å². The minimum atomic E-state index is -3.58. The third-order valence-electron chi connectivity index (χ3n) is 3.33. The molecule has 0 unspecified atom stereocenters. The Morgan fingerprint density at radius 3 is 2.38 bits per heavy atom. The Labute approximate surface area is 141 Å². The van der Waals surface area contributed by atoms with Crippen LogP contribution in [0.2, 0.25) is 0 Å². The molecular formula is C19H16N2O2S. The molecule has 0 atom stereocenters. The predicted octanol–water partition coefficient (Wildman–Crippen LogP) is 4.05. The minimum absolute atomic E-state index is 0.236. The molecule has 0 fully saturated rings. The Morgan fingerprint density at radius 1 is 0.833 bits per heavy atom. The summed E-state index contributed by atoms with van der Waals surface area (Å²) in [5.74, 6) is 0. The maximum Gasteiger partial charge on any atom is 0.261 e. The number of benzene rings is 2. The fraction of sp³-hybridized carbons (Fsp3) is 0. The highest BCUT2D eigenvalue weighted by molar-refractivity contribution is 7.92. The van der Waals surface area contributed by atoms with Gasteiger partial charge in [0, 0.05) is 11.9 Å². The Morgan fingerprint density at radius 2 is 1.62 bits per heavy atom. The number of pyridine rings is 1. The molecule has 5 heteroatoms. The van der Waals surface area contributed by atoms with E-state index in [4.69, 9.17) is 0 Å². The van der Waals surface area contributed by atoms with Gasteiger partial charge in [0.1, 0.15) is 0 Å². The average Bonchev–Trinajstić information content (AvgIpc) is 2.62. The number of hydrogen-bond acceptors (Lipinski definition) is 3. The summed E-state index contributed by atoms with van der Waals surface area (Å²) in [5.41, 5.74) is 2.24. The second-order valence-electron chi connectivity index (χ2n) is 5.13. The van der Waals surface area contributed by atoms with Gasteiger partial charge in [0.2, 0.25) is 0 Å². The van der Waals surface area contributed by atoms with Crippen molar-refractivity contribution in [3.05, 3.63) is 90.3 Å². The first-order valence-corrected chi connectivity index (χ1v) is 8.89. The van der Waals surface area contributed by atoms with E-state index >= 15 is 0 Å². The van der Waals surface area contributed by atoms with Crippen LogP contribution in [0.3, 0.4) is 0 Å². The van der Waals surface area contributed by atoms with Crippen molar-refractivity contribution in [2.45, 2.75) is 4.90 Å². The maximum absolute atomic E-state index is 12.4. The predicted molar refractivity (Wildman–Crippen MR) is 96.9 cm³/mol. The largest absolute Gasteiger partial charge is 0.280 e. The quantitative estimate of drug-likeness (QED) is 0.764. The molecule has 0 aliphatic heterocycles. The highest BCUT2D eigenvalue weighted by atomic mass is 32.2. The lowest BCUT2D eigenvalue weighted by Gasteiger charge is -2.08. The molecule has 2 aromatic carbocycles. The van der Waals surface area contributed by atoms with Crippen LogP contribution in [0.1, 0.15) is 11.3 Å². The third-order valence-corrected chi connectivity index (χ3v) is 4.72. The molecule has 4 nitrogen and oxygen atoms in total. The highest BCUT2D eigenvalue weighted by Crippen LogP contribution is 2.18. The van der Waals surface area contributed by atoms with Crippen molar-refractivity contribution in [1.82, 2.24) is 4.98 Å². The Hall–Kier alpha value is -2.92. The van der Waals surface area contributed by atoms with Crippen molar-refractivity contribution in [1.29, 1.82) is 0 Å². The zero-order valence-corrected chi connectivity index (χ0v) is 13.6. The van der Waals surface area contributed by atoms with E-state index in [1.54, 1.807) is 54.7 Å². The summed E-state index contributed by atoms with van der Waals surface area (Å²) in [4.78, 5) is 4.45. The average molecular weight is 336 g/mol. The lowest BCUT2D eigenvalue weighted by atomic mass is 10.2. The number of anilines is 1. The maximum atomic E-state index is 12.4. The zero-order chi connectivity index (χ0) is 16.8. The molecule has 1 heterocycles. The monoisotopic (exact) mass is 336 g/mol. The lowest BCUT2D eigenvalue weighted by molar-refractivity contribution is 0.601. The van der Waals surface area contributed by atoms with Gasteiger partial charge < -0.3 is 0 Å². The van der Waals surface area contributed by atoms with Gasteiger partial charge in [0.05, 0.1) is 10.6 Å². The first-order chi connectivity index (χ1) is 11.6. The fourth-order valence-corrected chi connectivity index (χ4v) is 3.25. The van der Waals surface area contributed by atoms with E-state index in [0.29, 0.717) is 5.69 Å². The molecule has 0 spiro atoms. The molecule has 3 rings (SSSR count). The van der Waals surface area contributed by atoms with E-state index in [-0.39, 0.29) is 4.90 Å². The van der Waals surface area contributed by atoms with E-state index in [9.17, 15) is 8.42 Å². The molecule has 3 aromatic rings. The van der Waals surface area contributed by atoms with Gasteiger partial charge in [-0.1, -0.05) is 42.5 Å². The summed E-state index contributed by atoms with van der Waals surface area (Å²) in [6.45, 7) is 0. The highest BCUT2D eigenvalue weighted by Gasteiger charge is 2.13. The first kappa shape index (κ1) is 16.0. The Bertz CT molecular complexity index is 937. The van der Waals surface area contributed by atoms with Gasteiger partial charge in [0.15, 0.2) is 0 Å². The molecule has 1 aromatic heterocycles. The van der Waals surface area contributed by atoms with Crippen LogP contribution in [-0.4, -0.2) is 13.4 Å². The van der Waals surface area contributed by atoms with Crippen LogP contribution < -0.4 is 4.72 Å². The summed E-state index contributed by atoms with van der Waals surface area (Å²) in [6.07, 6.45) is 5.50. The number of aromatic nitrogens is 1. The van der Waals surface area contributed by atoms with Gasteiger partial charge in [-0.2, -0.15) is 0 Å². The molecule has 0 bridgehead atoms. The summed E-state index contributed by atoms with van der Waals surface area (Å²) in [6, 6.07) is 21.2. The van der Waals surface area contributed by atoms with Gasteiger partial charge in [-0.05, 0) is 48.0 Å². The van der Waals surface area contributed by atoms with E-state index < -0.39 is 10.0 Å². The fourth-order valence-electron chi connectivity index (χ4n) is 2.18. The molecule has 0 aliphatic rings. The van der Waals surface area contributed by atoms with Gasteiger partial charge in [-0.25, -0.2) is 8.42 Å². The first-order valence-electron chi connectivity index (χ1n) is 7.40. The van der Waals surface area contributed by atoms with Gasteiger partial charge in [-0.15, -0.1) is 0 Å². The van der Waals surface area contributed by atoms with Crippen LogP contribution in [0, 0.1) is 0 Å². The molecule has 120 valence electrons. The van der Waals surface area contributed by atoms with Crippen LogP contribution in [0.5, 0.6) is 0 Å². The van der Waals surface area contributed by atoms with Crippen molar-refractivity contribution in [3.63, 3.8) is 0 Å².